The van der Waals surface area contributed by atoms with Crippen LogP contribution < -0.4 is 0 Å². The van der Waals surface area contributed by atoms with Gasteiger partial charge in [-0.1, -0.05) is 30.7 Å². The molecule has 228 valence electrons. The van der Waals surface area contributed by atoms with Crippen molar-refractivity contribution < 1.29 is 18.7 Å². The summed E-state index contributed by atoms with van der Waals surface area (Å²) in [6.45, 7) is 7.54. The van der Waals surface area contributed by atoms with Crippen LogP contribution in [0.2, 0.25) is 0 Å². The largest absolute Gasteiger partial charge is 0.395 e. The lowest BCUT2D eigenvalue weighted by molar-refractivity contribution is -0.126. The van der Waals surface area contributed by atoms with Gasteiger partial charge in [0, 0.05) is 41.9 Å². The highest BCUT2D eigenvalue weighted by Gasteiger charge is 2.32. The Hall–Kier alpha value is -2.81. The molecule has 0 aromatic carbocycles. The zero-order valence-electron chi connectivity index (χ0n) is 24.5. The summed E-state index contributed by atoms with van der Waals surface area (Å²) in [6, 6.07) is 0.0453. The zero-order valence-corrected chi connectivity index (χ0v) is 25.3. The number of halogens is 3. The maximum absolute atomic E-state index is 13.4. The minimum atomic E-state index is -0.707. The minimum Gasteiger partial charge on any atom is -0.395 e. The van der Waals surface area contributed by atoms with Crippen LogP contribution in [0.15, 0.2) is 65.3 Å². The number of hydrogen-bond acceptors (Lipinski definition) is 4. The van der Waals surface area contributed by atoms with Crippen LogP contribution in [0.4, 0.5) is 8.78 Å². The second kappa shape index (κ2) is 15.6. The average Bonchev–Trinajstić information content (AvgIpc) is 3.31. The van der Waals surface area contributed by atoms with Gasteiger partial charge in [-0.3, -0.25) is 9.69 Å². The molecule has 9 heteroatoms. The molecule has 2 N–H and O–H groups in total. The smallest absolute Gasteiger partial charge is 0.246 e. The monoisotopic (exact) mass is 600 g/mol. The van der Waals surface area contributed by atoms with E-state index >= 15 is 0 Å². The van der Waals surface area contributed by atoms with Crippen molar-refractivity contribution in [1.29, 1.82) is 0 Å². The predicted octanol–water partition coefficient (Wildman–Crippen LogP) is 6.89. The summed E-state index contributed by atoms with van der Waals surface area (Å²) < 4.78 is 26.7. The van der Waals surface area contributed by atoms with Crippen molar-refractivity contribution in [2.24, 2.45) is 5.92 Å². The van der Waals surface area contributed by atoms with Crippen LogP contribution in [0, 0.1) is 5.92 Å². The highest BCUT2D eigenvalue weighted by Crippen LogP contribution is 2.32. The molecule has 3 heterocycles. The number of nitrogens with zero attached hydrogens (tertiary/aromatic N) is 3. The van der Waals surface area contributed by atoms with Gasteiger partial charge < -0.3 is 15.0 Å². The van der Waals surface area contributed by atoms with Crippen molar-refractivity contribution >= 4 is 23.6 Å². The number of aromatic amines is 1. The van der Waals surface area contributed by atoms with E-state index < -0.39 is 11.7 Å². The topological polar surface area (TPSA) is 72.5 Å². The number of rotatable bonds is 8. The summed E-state index contributed by atoms with van der Waals surface area (Å²) in [5, 5.41) is 11.2. The van der Waals surface area contributed by atoms with Crippen LogP contribution in [-0.4, -0.2) is 69.6 Å². The Morgan fingerprint density at radius 1 is 1.17 bits per heavy atom. The number of hydrogen-bond donors (Lipinski definition) is 2. The SMILES string of the molecule is C=C(F)/C=C(/C=C/C(=O)N1CCCCC(C(CO)N2CCC(c3nc4c([nH]3)CC/C=C\C(Cl)=C/4)CC2)CC1)\C=C(/C)F. The molecule has 2 atom stereocenters. The van der Waals surface area contributed by atoms with E-state index in [4.69, 9.17) is 16.6 Å². The molecular formula is C33H43ClF2N4O2. The molecule has 6 nitrogen and oxygen atoms in total. The number of H-pyrrole nitrogens is 1. The fourth-order valence-electron chi connectivity index (χ4n) is 6.33. The molecule has 2 aliphatic heterocycles. The Labute approximate surface area is 253 Å². The molecule has 0 bridgehead atoms. The van der Waals surface area contributed by atoms with Crippen molar-refractivity contribution in [2.45, 2.75) is 70.3 Å². The van der Waals surface area contributed by atoms with Crippen LogP contribution in [0.1, 0.15) is 75.0 Å². The summed E-state index contributed by atoms with van der Waals surface area (Å²) in [5.74, 6) is 0.272. The van der Waals surface area contributed by atoms with E-state index in [0.717, 1.165) is 87.7 Å². The maximum Gasteiger partial charge on any atom is 0.246 e. The normalized spacial score (nSPS) is 24.6. The van der Waals surface area contributed by atoms with Gasteiger partial charge in [0.2, 0.25) is 5.91 Å². The molecule has 2 fully saturated rings. The highest BCUT2D eigenvalue weighted by atomic mass is 35.5. The number of aliphatic hydroxyl groups excluding tert-OH is 1. The second-order valence-corrected chi connectivity index (χ2v) is 12.0. The number of aryl methyl sites for hydroxylation is 1. The number of piperidine rings is 1. The molecule has 1 aromatic heterocycles. The molecular weight excluding hydrogens is 558 g/mol. The molecule has 2 saturated heterocycles. The van der Waals surface area contributed by atoms with Gasteiger partial charge in [0.15, 0.2) is 0 Å². The standard InChI is InChI=1S/C33H43ClF2N4O2/c1-23(35)19-25(20-24(2)36)10-11-32(42)40-15-6-5-7-26(12-18-40)31(22-41)39-16-13-27(14-17-39)33-37-29-9-4-3-8-28(34)21-30(29)38-33/h3,8,10-11,19-21,26-27,31,41H,1,4-7,9,12-18,22H2,2H3,(H,37,38)/b8-3-,11-10+,24-20+,25-19-,28-21+. The molecule has 2 unspecified atom stereocenters. The zero-order chi connectivity index (χ0) is 30.1. The van der Waals surface area contributed by atoms with E-state index in [2.05, 4.69) is 22.5 Å². The number of aromatic nitrogens is 2. The fraction of sp³-hybridized carbons (Fsp3) is 0.515. The lowest BCUT2D eigenvalue weighted by atomic mass is 9.86. The predicted molar refractivity (Wildman–Crippen MR) is 165 cm³/mol. The Morgan fingerprint density at radius 3 is 2.67 bits per heavy atom. The molecule has 4 rings (SSSR count). The third-order valence-electron chi connectivity index (χ3n) is 8.50. The molecule has 0 saturated carbocycles. The number of carbonyl (C=O) groups is 1. The molecule has 1 amide bonds. The average molecular weight is 601 g/mol. The van der Waals surface area contributed by atoms with E-state index in [1.54, 1.807) is 4.90 Å². The van der Waals surface area contributed by atoms with Crippen molar-refractivity contribution in [1.82, 2.24) is 19.8 Å². The molecule has 3 aliphatic rings. The number of allylic oxidation sites excluding steroid dienone is 9. The van der Waals surface area contributed by atoms with Gasteiger partial charge in [0.05, 0.1) is 18.1 Å². The Bertz CT molecular complexity index is 1250. The van der Waals surface area contributed by atoms with E-state index in [1.165, 1.54) is 25.2 Å². The third-order valence-corrected chi connectivity index (χ3v) is 8.73. The van der Waals surface area contributed by atoms with E-state index in [-0.39, 0.29) is 30.0 Å². The summed E-state index contributed by atoms with van der Waals surface area (Å²) >= 11 is 6.30. The number of likely N-dealkylation sites (tertiary alicyclic amines) is 2. The number of aliphatic hydroxyl groups is 1. The Morgan fingerprint density at radius 2 is 1.95 bits per heavy atom. The molecule has 0 radical (unpaired) electrons. The minimum absolute atomic E-state index is 0.0453. The number of nitrogens with one attached hydrogen (secondary N) is 1. The molecule has 42 heavy (non-hydrogen) atoms. The summed E-state index contributed by atoms with van der Waals surface area (Å²) in [5.41, 5.74) is 2.32. The van der Waals surface area contributed by atoms with Gasteiger partial charge in [0.25, 0.3) is 0 Å². The lowest BCUT2D eigenvalue weighted by Gasteiger charge is -2.41. The van der Waals surface area contributed by atoms with E-state index in [9.17, 15) is 18.7 Å². The molecule has 0 spiro atoms. The number of imidazole rings is 1. The van der Waals surface area contributed by atoms with Gasteiger partial charge in [-0.2, -0.15) is 0 Å². The van der Waals surface area contributed by atoms with Crippen molar-refractivity contribution in [3.8, 4) is 0 Å². The van der Waals surface area contributed by atoms with Crippen LogP contribution >= 0.6 is 11.6 Å². The Kier molecular flexibility index (Phi) is 11.9. The van der Waals surface area contributed by atoms with Gasteiger partial charge in [-0.05, 0) is 107 Å². The van der Waals surface area contributed by atoms with Crippen LogP contribution in [-0.2, 0) is 11.2 Å². The number of amides is 1. The first-order chi connectivity index (χ1) is 20.2. The van der Waals surface area contributed by atoms with E-state index in [0.29, 0.717) is 24.0 Å². The first-order valence-electron chi connectivity index (χ1n) is 15.1. The van der Waals surface area contributed by atoms with Gasteiger partial charge >= 0.3 is 0 Å². The summed E-state index contributed by atoms with van der Waals surface area (Å²) in [6.07, 6.45) is 18.5. The number of carbonyl (C=O) groups excluding carboxylic acids is 1. The van der Waals surface area contributed by atoms with Crippen LogP contribution in [0.5, 0.6) is 0 Å². The van der Waals surface area contributed by atoms with Gasteiger partial charge in [-0.15, -0.1) is 0 Å². The van der Waals surface area contributed by atoms with Crippen LogP contribution in [0.3, 0.4) is 0 Å². The van der Waals surface area contributed by atoms with Crippen molar-refractivity contribution in [2.75, 3.05) is 32.8 Å². The lowest BCUT2D eigenvalue weighted by Crippen LogP contribution is -2.48. The summed E-state index contributed by atoms with van der Waals surface area (Å²) in [7, 11) is 0. The van der Waals surface area contributed by atoms with Crippen molar-refractivity contribution in [3.63, 3.8) is 0 Å². The Balaban J connectivity index is 1.34. The number of fused-ring (bicyclic) bond motifs is 1. The van der Waals surface area contributed by atoms with Gasteiger partial charge in [-0.25, -0.2) is 13.8 Å². The molecule has 1 aromatic rings. The first kappa shape index (κ1) is 32.1. The second-order valence-electron chi connectivity index (χ2n) is 11.5. The maximum atomic E-state index is 13.4. The fourth-order valence-corrected chi connectivity index (χ4v) is 6.52. The van der Waals surface area contributed by atoms with Gasteiger partial charge in [0.1, 0.15) is 11.7 Å². The molecule has 1 aliphatic carbocycles. The van der Waals surface area contributed by atoms with Crippen LogP contribution in [0.25, 0.3) is 6.08 Å². The first-order valence-corrected chi connectivity index (χ1v) is 15.5. The van der Waals surface area contributed by atoms with E-state index in [1.807, 2.05) is 12.2 Å². The summed E-state index contributed by atoms with van der Waals surface area (Å²) in [4.78, 5) is 25.7. The highest BCUT2D eigenvalue weighted by molar-refractivity contribution is 6.33. The third kappa shape index (κ3) is 9.09. The quantitative estimate of drug-likeness (QED) is 0.252. The van der Waals surface area contributed by atoms with Crippen molar-refractivity contribution in [3.05, 3.63) is 82.5 Å².